The average Bonchev–Trinajstić information content (AvgIpc) is 2.81. The maximum absolute atomic E-state index is 12.0. The van der Waals surface area contributed by atoms with Crippen LogP contribution >= 0.6 is 24.0 Å². The van der Waals surface area contributed by atoms with Gasteiger partial charge in [-0.3, -0.25) is 4.79 Å². The van der Waals surface area contributed by atoms with Gasteiger partial charge in [0, 0.05) is 16.5 Å². The van der Waals surface area contributed by atoms with Crippen LogP contribution in [0.5, 0.6) is 0 Å². The van der Waals surface area contributed by atoms with E-state index in [1.165, 1.54) is 5.56 Å². The molecule has 1 aromatic carbocycles. The molecular formula is C14H15NOS2. The predicted molar refractivity (Wildman–Crippen MR) is 78.6 cm³/mol. The van der Waals surface area contributed by atoms with Crippen LogP contribution < -0.4 is 5.32 Å². The summed E-state index contributed by atoms with van der Waals surface area (Å²) >= 11 is 5.91. The number of hydrogen-bond acceptors (Lipinski definition) is 3. The third kappa shape index (κ3) is 3.62. The molecule has 1 aromatic heterocycles. The van der Waals surface area contributed by atoms with E-state index in [2.05, 4.69) is 29.4 Å². The first-order chi connectivity index (χ1) is 8.65. The lowest BCUT2D eigenvalue weighted by Crippen LogP contribution is -2.33. The van der Waals surface area contributed by atoms with Crippen molar-refractivity contribution in [3.63, 3.8) is 0 Å². The summed E-state index contributed by atoms with van der Waals surface area (Å²) in [6.07, 6.45) is 0.857. The highest BCUT2D eigenvalue weighted by Gasteiger charge is 2.10. The number of thiol groups is 1. The molecule has 18 heavy (non-hydrogen) atoms. The second kappa shape index (κ2) is 6.07. The van der Waals surface area contributed by atoms with Crippen molar-refractivity contribution >= 4 is 29.9 Å². The van der Waals surface area contributed by atoms with Gasteiger partial charge in [0.1, 0.15) is 0 Å². The van der Waals surface area contributed by atoms with Gasteiger partial charge >= 0.3 is 0 Å². The molecule has 0 aliphatic rings. The Hall–Kier alpha value is -1.26. The predicted octanol–water partition coefficient (Wildman–Crippen LogP) is 3.40. The third-order valence-electron chi connectivity index (χ3n) is 2.61. The maximum atomic E-state index is 12.0. The number of thiophene rings is 1. The zero-order valence-corrected chi connectivity index (χ0v) is 11.8. The second-order valence-corrected chi connectivity index (χ2v) is 5.56. The molecule has 2 aromatic rings. The molecule has 0 bridgehead atoms. The first kappa shape index (κ1) is 13.2. The Kier molecular flexibility index (Phi) is 4.44. The van der Waals surface area contributed by atoms with Crippen molar-refractivity contribution in [3.05, 3.63) is 52.2 Å². The highest BCUT2D eigenvalue weighted by Crippen LogP contribution is 2.11. The summed E-state index contributed by atoms with van der Waals surface area (Å²) in [5, 5.41) is 7.15. The van der Waals surface area contributed by atoms with E-state index < -0.39 is 0 Å². The molecule has 0 aliphatic carbocycles. The van der Waals surface area contributed by atoms with Crippen molar-refractivity contribution in [1.82, 2.24) is 5.32 Å². The number of rotatable bonds is 4. The molecule has 1 amide bonds. The van der Waals surface area contributed by atoms with Crippen LogP contribution in [0.4, 0.5) is 0 Å². The molecule has 2 nitrogen and oxygen atoms in total. The highest BCUT2D eigenvalue weighted by molar-refractivity contribution is 7.80. The van der Waals surface area contributed by atoms with Crippen molar-refractivity contribution in [2.45, 2.75) is 24.3 Å². The van der Waals surface area contributed by atoms with E-state index in [1.54, 1.807) is 23.5 Å². The molecule has 0 radical (unpaired) electrons. The molecule has 94 valence electrons. The maximum Gasteiger partial charge on any atom is 0.251 e. The third-order valence-corrected chi connectivity index (χ3v) is 3.62. The van der Waals surface area contributed by atoms with Gasteiger partial charge in [-0.1, -0.05) is 6.07 Å². The molecule has 1 atom stereocenters. The van der Waals surface area contributed by atoms with Gasteiger partial charge in [-0.25, -0.2) is 0 Å². The smallest absolute Gasteiger partial charge is 0.251 e. The topological polar surface area (TPSA) is 29.1 Å². The van der Waals surface area contributed by atoms with Gasteiger partial charge in [-0.05, 0) is 53.9 Å². The summed E-state index contributed by atoms with van der Waals surface area (Å²) in [6, 6.07) is 9.47. The van der Waals surface area contributed by atoms with Gasteiger partial charge in [0.05, 0.1) is 0 Å². The van der Waals surface area contributed by atoms with Crippen LogP contribution in [0.3, 0.4) is 0 Å². The van der Waals surface area contributed by atoms with E-state index in [-0.39, 0.29) is 11.9 Å². The van der Waals surface area contributed by atoms with E-state index in [1.807, 2.05) is 24.4 Å². The Morgan fingerprint density at radius 2 is 2.28 bits per heavy atom. The molecule has 0 fully saturated rings. The first-order valence-corrected chi connectivity index (χ1v) is 7.15. The molecular weight excluding hydrogens is 262 g/mol. The van der Waals surface area contributed by atoms with Crippen molar-refractivity contribution in [2.24, 2.45) is 0 Å². The minimum atomic E-state index is -0.0476. The minimum Gasteiger partial charge on any atom is -0.349 e. The summed E-state index contributed by atoms with van der Waals surface area (Å²) in [5.74, 6) is -0.0476. The van der Waals surface area contributed by atoms with Gasteiger partial charge in [0.25, 0.3) is 5.91 Å². The Morgan fingerprint density at radius 1 is 1.44 bits per heavy atom. The van der Waals surface area contributed by atoms with E-state index in [0.29, 0.717) is 5.56 Å². The second-order valence-electron chi connectivity index (χ2n) is 4.26. The number of benzene rings is 1. The summed E-state index contributed by atoms with van der Waals surface area (Å²) < 4.78 is 0. The standard InChI is InChI=1S/C14H15NOS2/c1-10(7-11-5-6-18-9-11)15-14(16)12-3-2-4-13(17)8-12/h2-6,8-10,17H,7H2,1H3,(H,15,16). The van der Waals surface area contributed by atoms with E-state index in [4.69, 9.17) is 0 Å². The van der Waals surface area contributed by atoms with Crippen LogP contribution in [-0.4, -0.2) is 11.9 Å². The first-order valence-electron chi connectivity index (χ1n) is 5.76. The number of carbonyl (C=O) groups is 1. The molecule has 0 aliphatic heterocycles. The highest BCUT2D eigenvalue weighted by atomic mass is 32.1. The lowest BCUT2D eigenvalue weighted by molar-refractivity contribution is 0.0940. The largest absolute Gasteiger partial charge is 0.349 e. The number of carbonyl (C=O) groups excluding carboxylic acids is 1. The van der Waals surface area contributed by atoms with E-state index in [9.17, 15) is 4.79 Å². The van der Waals surface area contributed by atoms with Gasteiger partial charge in [-0.2, -0.15) is 11.3 Å². The number of nitrogens with one attached hydrogen (secondary N) is 1. The van der Waals surface area contributed by atoms with E-state index >= 15 is 0 Å². The number of amides is 1. The zero-order valence-electron chi connectivity index (χ0n) is 10.1. The normalized spacial score (nSPS) is 12.1. The fourth-order valence-corrected chi connectivity index (χ4v) is 2.67. The molecule has 2 rings (SSSR count). The fraction of sp³-hybridized carbons (Fsp3) is 0.214. The zero-order chi connectivity index (χ0) is 13.0. The summed E-state index contributed by atoms with van der Waals surface area (Å²) in [4.78, 5) is 12.8. The van der Waals surface area contributed by atoms with Crippen LogP contribution in [0.2, 0.25) is 0 Å². The lowest BCUT2D eigenvalue weighted by atomic mass is 10.1. The molecule has 1 N–H and O–H groups in total. The SMILES string of the molecule is CC(Cc1ccsc1)NC(=O)c1cccc(S)c1. The molecule has 1 heterocycles. The van der Waals surface area contributed by atoms with Crippen LogP contribution in [0, 0.1) is 0 Å². The summed E-state index contributed by atoms with van der Waals surface area (Å²) in [7, 11) is 0. The Balaban J connectivity index is 1.95. The summed E-state index contributed by atoms with van der Waals surface area (Å²) in [5.41, 5.74) is 1.91. The van der Waals surface area contributed by atoms with Crippen LogP contribution in [0.25, 0.3) is 0 Å². The Bertz CT molecular complexity index is 522. The monoisotopic (exact) mass is 277 g/mol. The van der Waals surface area contributed by atoms with Gasteiger partial charge < -0.3 is 5.32 Å². The van der Waals surface area contributed by atoms with Crippen molar-refractivity contribution in [1.29, 1.82) is 0 Å². The van der Waals surface area contributed by atoms with Crippen LogP contribution in [0.1, 0.15) is 22.8 Å². The summed E-state index contributed by atoms with van der Waals surface area (Å²) in [6.45, 7) is 2.01. The van der Waals surface area contributed by atoms with Gasteiger partial charge in [0.2, 0.25) is 0 Å². The fourth-order valence-electron chi connectivity index (χ4n) is 1.77. The molecule has 4 heteroatoms. The number of hydrogen-bond donors (Lipinski definition) is 2. The Labute approximate surface area is 116 Å². The van der Waals surface area contributed by atoms with Crippen molar-refractivity contribution in [3.8, 4) is 0 Å². The van der Waals surface area contributed by atoms with Gasteiger partial charge in [-0.15, -0.1) is 12.6 Å². The lowest BCUT2D eigenvalue weighted by Gasteiger charge is -2.13. The Morgan fingerprint density at radius 3 is 2.94 bits per heavy atom. The molecule has 0 saturated carbocycles. The molecule has 0 spiro atoms. The average molecular weight is 277 g/mol. The van der Waals surface area contributed by atoms with Crippen molar-refractivity contribution < 1.29 is 4.79 Å². The minimum absolute atomic E-state index is 0.0476. The van der Waals surface area contributed by atoms with Crippen molar-refractivity contribution in [2.75, 3.05) is 0 Å². The van der Waals surface area contributed by atoms with Crippen LogP contribution in [-0.2, 0) is 6.42 Å². The molecule has 1 unspecified atom stereocenters. The quantitative estimate of drug-likeness (QED) is 0.824. The van der Waals surface area contributed by atoms with E-state index in [0.717, 1.165) is 11.3 Å². The van der Waals surface area contributed by atoms with Gasteiger partial charge in [0.15, 0.2) is 0 Å². The van der Waals surface area contributed by atoms with Crippen LogP contribution in [0.15, 0.2) is 46.0 Å². The molecule has 0 saturated heterocycles.